The number of rotatable bonds is 5. The van der Waals surface area contributed by atoms with Crippen molar-refractivity contribution in [1.29, 1.82) is 0 Å². The van der Waals surface area contributed by atoms with Gasteiger partial charge in [-0.25, -0.2) is 9.31 Å². The Morgan fingerprint density at radius 3 is 2.75 bits per heavy atom. The first kappa shape index (κ1) is 17.8. The lowest BCUT2D eigenvalue weighted by Gasteiger charge is -2.33. The van der Waals surface area contributed by atoms with E-state index in [4.69, 9.17) is 9.47 Å². The number of nitrogens with zero attached hydrogens (tertiary/aromatic N) is 4. The third-order valence-corrected chi connectivity index (χ3v) is 4.83. The van der Waals surface area contributed by atoms with Crippen molar-refractivity contribution in [2.75, 3.05) is 25.7 Å². The van der Waals surface area contributed by atoms with Gasteiger partial charge in [-0.3, -0.25) is 14.6 Å². The Hall–Kier alpha value is -3.55. The van der Waals surface area contributed by atoms with Crippen LogP contribution in [0.5, 0.6) is 11.5 Å². The predicted octanol–water partition coefficient (Wildman–Crippen LogP) is 2.71. The molecule has 0 unspecified atom stereocenters. The minimum atomic E-state index is -0.368. The first-order valence-electron chi connectivity index (χ1n) is 8.87. The molecule has 1 aliphatic heterocycles. The van der Waals surface area contributed by atoms with Gasteiger partial charge in [0.05, 0.1) is 38.2 Å². The first-order valence-corrected chi connectivity index (χ1v) is 8.87. The van der Waals surface area contributed by atoms with Gasteiger partial charge >= 0.3 is 6.03 Å². The van der Waals surface area contributed by atoms with Crippen LogP contribution in [0.1, 0.15) is 12.0 Å². The minimum Gasteiger partial charge on any atom is -0.497 e. The second-order valence-electron chi connectivity index (χ2n) is 6.40. The number of urea groups is 1. The number of anilines is 1. The quantitative estimate of drug-likeness (QED) is 0.680. The van der Waals surface area contributed by atoms with Crippen molar-refractivity contribution in [1.82, 2.24) is 14.5 Å². The zero-order valence-electron chi connectivity index (χ0n) is 15.7. The number of carbonyl (C=O) groups excluding carboxylic acids is 2. The molecule has 0 saturated carbocycles. The molecule has 0 radical (unpaired) electrons. The lowest BCUT2D eigenvalue weighted by atomic mass is 10.1. The van der Waals surface area contributed by atoms with Crippen molar-refractivity contribution >= 4 is 23.1 Å². The molecule has 4 rings (SSSR count). The van der Waals surface area contributed by atoms with Gasteiger partial charge in [0.1, 0.15) is 11.5 Å². The van der Waals surface area contributed by atoms with Crippen molar-refractivity contribution in [3.8, 4) is 11.5 Å². The van der Waals surface area contributed by atoms with Gasteiger partial charge in [0.15, 0.2) is 0 Å². The Morgan fingerprint density at radius 1 is 1.11 bits per heavy atom. The van der Waals surface area contributed by atoms with Gasteiger partial charge < -0.3 is 9.47 Å². The highest BCUT2D eigenvalue weighted by Gasteiger charge is 2.34. The molecule has 144 valence electrons. The van der Waals surface area contributed by atoms with E-state index in [-0.39, 0.29) is 24.9 Å². The number of benzene rings is 1. The molecule has 0 spiro atoms. The van der Waals surface area contributed by atoms with Gasteiger partial charge in [-0.15, -0.1) is 0 Å². The molecular weight excluding hydrogens is 360 g/mol. The SMILES string of the molecule is COc1ccc(CN2C(=O)CCN(c3cnn4ccccc34)C2=O)c(OC)c1. The van der Waals surface area contributed by atoms with E-state index in [1.165, 1.54) is 4.90 Å². The van der Waals surface area contributed by atoms with Crippen molar-refractivity contribution < 1.29 is 19.1 Å². The number of imide groups is 1. The van der Waals surface area contributed by atoms with E-state index in [0.29, 0.717) is 23.7 Å². The highest BCUT2D eigenvalue weighted by Crippen LogP contribution is 2.29. The number of carbonyl (C=O) groups is 2. The van der Waals surface area contributed by atoms with E-state index in [2.05, 4.69) is 5.10 Å². The van der Waals surface area contributed by atoms with Gasteiger partial charge in [0.2, 0.25) is 5.91 Å². The van der Waals surface area contributed by atoms with Crippen LogP contribution in [-0.4, -0.2) is 47.2 Å². The van der Waals surface area contributed by atoms with Gasteiger partial charge in [-0.2, -0.15) is 5.10 Å². The van der Waals surface area contributed by atoms with Crippen LogP contribution in [0.25, 0.3) is 5.52 Å². The summed E-state index contributed by atoms with van der Waals surface area (Å²) in [6.45, 7) is 0.449. The van der Waals surface area contributed by atoms with Crippen molar-refractivity contribution in [2.45, 2.75) is 13.0 Å². The average molecular weight is 380 g/mol. The number of hydrogen-bond donors (Lipinski definition) is 0. The summed E-state index contributed by atoms with van der Waals surface area (Å²) in [5.74, 6) is 0.994. The Labute approximate surface area is 161 Å². The number of methoxy groups -OCH3 is 2. The zero-order chi connectivity index (χ0) is 19.7. The molecule has 1 fully saturated rings. The number of amides is 3. The van der Waals surface area contributed by atoms with E-state index < -0.39 is 0 Å². The summed E-state index contributed by atoms with van der Waals surface area (Å²) in [6.07, 6.45) is 3.71. The summed E-state index contributed by atoms with van der Waals surface area (Å²) >= 11 is 0. The molecule has 2 aromatic heterocycles. The Balaban J connectivity index is 1.64. The lowest BCUT2D eigenvalue weighted by Crippen LogP contribution is -2.52. The average Bonchev–Trinajstić information content (AvgIpc) is 3.15. The minimum absolute atomic E-state index is 0.126. The van der Waals surface area contributed by atoms with Gasteiger partial charge in [-0.05, 0) is 24.3 Å². The van der Waals surface area contributed by atoms with E-state index in [0.717, 1.165) is 11.1 Å². The number of pyridine rings is 1. The molecule has 3 aromatic rings. The number of fused-ring (bicyclic) bond motifs is 1. The van der Waals surface area contributed by atoms with Crippen LogP contribution < -0.4 is 14.4 Å². The van der Waals surface area contributed by atoms with Gasteiger partial charge in [0.25, 0.3) is 0 Å². The smallest absolute Gasteiger partial charge is 0.331 e. The van der Waals surface area contributed by atoms with Crippen LogP contribution in [0, 0.1) is 0 Å². The van der Waals surface area contributed by atoms with Gasteiger partial charge in [-0.1, -0.05) is 6.07 Å². The van der Waals surface area contributed by atoms with Crippen LogP contribution in [0.15, 0.2) is 48.8 Å². The van der Waals surface area contributed by atoms with Crippen molar-refractivity contribution in [3.63, 3.8) is 0 Å². The summed E-state index contributed by atoms with van der Waals surface area (Å²) in [6, 6.07) is 10.6. The molecule has 3 amide bonds. The fourth-order valence-corrected chi connectivity index (χ4v) is 3.35. The van der Waals surface area contributed by atoms with E-state index in [1.54, 1.807) is 48.0 Å². The maximum Gasteiger partial charge on any atom is 0.331 e. The molecular formula is C20H20N4O4. The molecule has 0 atom stereocenters. The van der Waals surface area contributed by atoms with Gasteiger partial charge in [0, 0.05) is 30.8 Å². The first-order chi connectivity index (χ1) is 13.6. The molecule has 8 nitrogen and oxygen atoms in total. The molecule has 1 aliphatic rings. The summed E-state index contributed by atoms with van der Waals surface area (Å²) in [7, 11) is 3.11. The highest BCUT2D eigenvalue weighted by atomic mass is 16.5. The highest BCUT2D eigenvalue weighted by molar-refractivity contribution is 6.07. The third-order valence-electron chi connectivity index (χ3n) is 4.83. The molecule has 0 N–H and O–H groups in total. The second-order valence-corrected chi connectivity index (χ2v) is 6.40. The van der Waals surface area contributed by atoms with Crippen LogP contribution in [0.2, 0.25) is 0 Å². The van der Waals surface area contributed by atoms with Crippen LogP contribution in [0.4, 0.5) is 10.5 Å². The van der Waals surface area contributed by atoms with Crippen LogP contribution in [0.3, 0.4) is 0 Å². The third kappa shape index (κ3) is 3.02. The zero-order valence-corrected chi connectivity index (χ0v) is 15.7. The van der Waals surface area contributed by atoms with E-state index in [9.17, 15) is 9.59 Å². The predicted molar refractivity (Wildman–Crippen MR) is 103 cm³/mol. The molecule has 0 bridgehead atoms. The Kier molecular flexibility index (Phi) is 4.60. The van der Waals surface area contributed by atoms with Crippen LogP contribution in [-0.2, 0) is 11.3 Å². The molecule has 3 heterocycles. The second kappa shape index (κ2) is 7.22. The monoisotopic (exact) mass is 380 g/mol. The standard InChI is InChI=1S/C20H20N4O4/c1-27-15-7-6-14(18(11-15)28-2)13-23-19(25)8-10-22(20(23)26)17-12-21-24-9-4-3-5-16(17)24/h3-7,9,11-12H,8,10,13H2,1-2H3. The molecule has 1 aromatic carbocycles. The lowest BCUT2D eigenvalue weighted by molar-refractivity contribution is -0.129. The van der Waals surface area contributed by atoms with Crippen molar-refractivity contribution in [2.24, 2.45) is 0 Å². The normalized spacial score (nSPS) is 14.6. The summed E-state index contributed by atoms with van der Waals surface area (Å²) in [5, 5.41) is 4.29. The molecule has 1 saturated heterocycles. The van der Waals surface area contributed by atoms with Crippen molar-refractivity contribution in [3.05, 3.63) is 54.4 Å². The fraction of sp³-hybridized carbons (Fsp3) is 0.250. The number of aromatic nitrogens is 2. The molecule has 8 heteroatoms. The van der Waals surface area contributed by atoms with E-state index >= 15 is 0 Å². The Morgan fingerprint density at radius 2 is 1.96 bits per heavy atom. The number of ether oxygens (including phenoxy) is 2. The summed E-state index contributed by atoms with van der Waals surface area (Å²) < 4.78 is 12.3. The summed E-state index contributed by atoms with van der Waals surface area (Å²) in [5.41, 5.74) is 2.23. The maximum absolute atomic E-state index is 13.1. The van der Waals surface area contributed by atoms with E-state index in [1.807, 2.05) is 24.4 Å². The number of hydrogen-bond acceptors (Lipinski definition) is 5. The summed E-state index contributed by atoms with van der Waals surface area (Å²) in [4.78, 5) is 28.5. The largest absolute Gasteiger partial charge is 0.497 e. The Bertz CT molecular complexity index is 1050. The topological polar surface area (TPSA) is 76.4 Å². The maximum atomic E-state index is 13.1. The van der Waals surface area contributed by atoms with Crippen LogP contribution >= 0.6 is 0 Å². The molecule has 28 heavy (non-hydrogen) atoms. The molecule has 0 aliphatic carbocycles. The fourth-order valence-electron chi connectivity index (χ4n) is 3.35.